The van der Waals surface area contributed by atoms with E-state index < -0.39 is 13.3 Å². The number of hydrogen-bond donors (Lipinski definition) is 0. The van der Waals surface area contributed by atoms with Crippen LogP contribution >= 0.6 is 0 Å². The number of benzene rings is 1. The molecule has 0 fully saturated rings. The molecule has 0 aliphatic carbocycles. The lowest BCUT2D eigenvalue weighted by molar-refractivity contribution is 0.139. The van der Waals surface area contributed by atoms with E-state index in [2.05, 4.69) is 4.65 Å². The van der Waals surface area contributed by atoms with Gasteiger partial charge in [0.2, 0.25) is 0 Å². The second-order valence-electron chi connectivity index (χ2n) is 2.93. The van der Waals surface area contributed by atoms with Crippen molar-refractivity contribution in [2.75, 3.05) is 0 Å². The lowest BCUT2D eigenvalue weighted by Gasteiger charge is -2.20. The third-order valence-corrected chi connectivity index (χ3v) is 1.60. The highest BCUT2D eigenvalue weighted by molar-refractivity contribution is 6.51. The van der Waals surface area contributed by atoms with Crippen LogP contribution in [0.25, 0.3) is 0 Å². The number of hydrogen-bond acceptors (Lipinski definition) is 1. The maximum atomic E-state index is 11.8. The summed E-state index contributed by atoms with van der Waals surface area (Å²) in [6.07, 6.45) is 0.479. The Morgan fingerprint density at radius 2 is 1.79 bits per heavy atom. The number of halogens is 3. The van der Waals surface area contributed by atoms with Crippen LogP contribution in [0.2, 0.25) is 0 Å². The van der Waals surface area contributed by atoms with Gasteiger partial charge in [0.25, 0.3) is 0 Å². The van der Waals surface area contributed by atoms with Gasteiger partial charge in [0, 0.05) is 18.6 Å². The van der Waals surface area contributed by atoms with Crippen molar-refractivity contribution in [3.8, 4) is 0 Å². The first-order valence-corrected chi connectivity index (χ1v) is 4.24. The highest BCUT2D eigenvalue weighted by Gasteiger charge is 2.29. The molecule has 0 aliphatic rings. The van der Waals surface area contributed by atoms with Crippen LogP contribution in [0.4, 0.5) is 12.9 Å². The number of rotatable bonds is 4. The Balaban J connectivity index is 2.46. The molecule has 76 valence electrons. The molecule has 0 spiro atoms. The SMILES string of the molecule is C[C@H]([CH+]c1ccccc1)O[B-](F)(F)F. The minimum atomic E-state index is -5.18. The summed E-state index contributed by atoms with van der Waals surface area (Å²) >= 11 is 0. The maximum Gasteiger partial charge on any atom is 0.638 e. The summed E-state index contributed by atoms with van der Waals surface area (Å²) in [6, 6.07) is 8.78. The first kappa shape index (κ1) is 11.0. The molecule has 0 unspecified atom stereocenters. The molecule has 1 aromatic rings. The monoisotopic (exact) mass is 202 g/mol. The molecule has 0 amide bonds. The van der Waals surface area contributed by atoms with Gasteiger partial charge in [-0.15, -0.1) is 0 Å². The Morgan fingerprint density at radius 1 is 1.21 bits per heavy atom. The summed E-state index contributed by atoms with van der Waals surface area (Å²) in [7, 11) is -5.18. The summed E-state index contributed by atoms with van der Waals surface area (Å²) in [5.74, 6) is 0. The zero-order chi connectivity index (χ0) is 10.6. The van der Waals surface area contributed by atoms with E-state index in [1.807, 2.05) is 0 Å². The largest absolute Gasteiger partial charge is 0.638 e. The fraction of sp³-hybridized carbons (Fsp3) is 0.222. The van der Waals surface area contributed by atoms with Gasteiger partial charge < -0.3 is 17.6 Å². The molecule has 1 rings (SSSR count). The normalized spacial score (nSPS) is 13.7. The zero-order valence-corrected chi connectivity index (χ0v) is 7.66. The van der Waals surface area contributed by atoms with E-state index in [9.17, 15) is 12.9 Å². The second kappa shape index (κ2) is 4.42. The maximum absolute atomic E-state index is 11.8. The molecule has 0 saturated carbocycles. The standard InChI is InChI=1S/C9H10BF3O/c1-8(14-10(11,12)13)7-9-5-3-2-4-6-9/h2-8H,1H3/t8-/m1/s1. The van der Waals surface area contributed by atoms with E-state index in [-0.39, 0.29) is 0 Å². The molecule has 0 bridgehead atoms. The molecule has 0 radical (unpaired) electrons. The van der Waals surface area contributed by atoms with Gasteiger partial charge in [-0.25, -0.2) is 0 Å². The second-order valence-corrected chi connectivity index (χ2v) is 2.93. The fourth-order valence-electron chi connectivity index (χ4n) is 1.12. The van der Waals surface area contributed by atoms with E-state index in [1.165, 1.54) is 13.3 Å². The summed E-state index contributed by atoms with van der Waals surface area (Å²) in [5.41, 5.74) is 0.722. The lowest BCUT2D eigenvalue weighted by Crippen LogP contribution is -2.27. The van der Waals surface area contributed by atoms with Gasteiger partial charge in [-0.1, -0.05) is 0 Å². The minimum Gasteiger partial charge on any atom is -0.492 e. The predicted octanol–water partition coefficient (Wildman–Crippen LogP) is 2.99. The van der Waals surface area contributed by atoms with Gasteiger partial charge in [0.15, 0.2) is 0 Å². The summed E-state index contributed by atoms with van der Waals surface area (Å²) < 4.78 is 39.3. The minimum absolute atomic E-state index is 0.722. The van der Waals surface area contributed by atoms with Crippen molar-refractivity contribution in [1.82, 2.24) is 0 Å². The first-order valence-electron chi connectivity index (χ1n) is 4.24. The third kappa shape index (κ3) is 4.23. The quantitative estimate of drug-likeness (QED) is 0.538. The van der Waals surface area contributed by atoms with Crippen LogP contribution < -0.4 is 0 Å². The van der Waals surface area contributed by atoms with E-state index in [0.717, 1.165) is 5.56 Å². The van der Waals surface area contributed by atoms with Crippen molar-refractivity contribution >= 4 is 7.18 Å². The smallest absolute Gasteiger partial charge is 0.492 e. The molecule has 0 saturated heterocycles. The Hall–Kier alpha value is -1.10. The fourth-order valence-corrected chi connectivity index (χ4v) is 1.12. The topological polar surface area (TPSA) is 9.23 Å². The average Bonchev–Trinajstić information content (AvgIpc) is 2.02. The van der Waals surface area contributed by atoms with Crippen LogP contribution in [-0.2, 0) is 4.65 Å². The first-order chi connectivity index (χ1) is 6.47. The van der Waals surface area contributed by atoms with Gasteiger partial charge >= 0.3 is 7.18 Å². The van der Waals surface area contributed by atoms with Crippen molar-refractivity contribution in [2.24, 2.45) is 0 Å². The summed E-state index contributed by atoms with van der Waals surface area (Å²) in [6.45, 7) is 1.36. The van der Waals surface area contributed by atoms with Gasteiger partial charge in [0.1, 0.15) is 5.56 Å². The Kier molecular flexibility index (Phi) is 3.46. The van der Waals surface area contributed by atoms with E-state index in [1.54, 1.807) is 30.3 Å². The Labute approximate surface area is 81.0 Å². The third-order valence-electron chi connectivity index (χ3n) is 1.60. The van der Waals surface area contributed by atoms with Crippen LogP contribution in [0.15, 0.2) is 30.3 Å². The van der Waals surface area contributed by atoms with Crippen molar-refractivity contribution in [3.05, 3.63) is 42.3 Å². The molecule has 1 atom stereocenters. The summed E-state index contributed by atoms with van der Waals surface area (Å²) in [5, 5.41) is 0. The van der Waals surface area contributed by atoms with Crippen molar-refractivity contribution in [1.29, 1.82) is 0 Å². The predicted molar refractivity (Wildman–Crippen MR) is 49.5 cm³/mol. The van der Waals surface area contributed by atoms with E-state index >= 15 is 0 Å². The molecule has 14 heavy (non-hydrogen) atoms. The molecule has 0 heterocycles. The molecule has 0 aromatic heterocycles. The zero-order valence-electron chi connectivity index (χ0n) is 7.66. The molecular weight excluding hydrogens is 192 g/mol. The molecule has 0 aliphatic heterocycles. The van der Waals surface area contributed by atoms with Crippen molar-refractivity contribution in [2.45, 2.75) is 13.0 Å². The Bertz CT molecular complexity index is 273. The Morgan fingerprint density at radius 3 is 2.29 bits per heavy atom. The van der Waals surface area contributed by atoms with Crippen LogP contribution in [-0.4, -0.2) is 13.3 Å². The van der Waals surface area contributed by atoms with Crippen molar-refractivity contribution < 1.29 is 17.6 Å². The lowest BCUT2D eigenvalue weighted by atomic mass is 10.1. The van der Waals surface area contributed by atoms with Gasteiger partial charge in [-0.3, -0.25) is 0 Å². The van der Waals surface area contributed by atoms with Crippen LogP contribution in [0.3, 0.4) is 0 Å². The molecular formula is C9H10BF3O. The molecule has 1 aromatic carbocycles. The van der Waals surface area contributed by atoms with E-state index in [4.69, 9.17) is 0 Å². The molecule has 0 N–H and O–H groups in total. The molecule has 5 heteroatoms. The summed E-state index contributed by atoms with van der Waals surface area (Å²) in [4.78, 5) is 0. The van der Waals surface area contributed by atoms with E-state index in [0.29, 0.717) is 0 Å². The van der Waals surface area contributed by atoms with Crippen LogP contribution in [0, 0.1) is 6.42 Å². The van der Waals surface area contributed by atoms with Gasteiger partial charge in [-0.2, -0.15) is 0 Å². The van der Waals surface area contributed by atoms with Gasteiger partial charge in [0.05, 0.1) is 6.10 Å². The van der Waals surface area contributed by atoms with Crippen molar-refractivity contribution in [3.63, 3.8) is 0 Å². The average molecular weight is 202 g/mol. The highest BCUT2D eigenvalue weighted by Crippen LogP contribution is 2.16. The highest BCUT2D eigenvalue weighted by atomic mass is 19.4. The van der Waals surface area contributed by atoms with Gasteiger partial charge in [-0.05, 0) is 25.1 Å². The van der Waals surface area contributed by atoms with Crippen LogP contribution in [0.5, 0.6) is 0 Å². The molecule has 1 nitrogen and oxygen atoms in total. The van der Waals surface area contributed by atoms with Crippen LogP contribution in [0.1, 0.15) is 12.5 Å².